The highest BCUT2D eigenvalue weighted by molar-refractivity contribution is 6.74. The van der Waals surface area contributed by atoms with Gasteiger partial charge in [0.15, 0.2) is 8.32 Å². The van der Waals surface area contributed by atoms with Crippen molar-refractivity contribution in [3.63, 3.8) is 0 Å². The van der Waals surface area contributed by atoms with Gasteiger partial charge in [0.05, 0.1) is 6.10 Å². The Bertz CT molecular complexity index is 335. The minimum absolute atomic E-state index is 0.316. The minimum Gasteiger partial charge on any atom is -0.413 e. The average molecular weight is 267 g/mol. The zero-order valence-electron chi connectivity index (χ0n) is 12.9. The Kier molecular flexibility index (Phi) is 3.57. The summed E-state index contributed by atoms with van der Waals surface area (Å²) >= 11 is 0. The van der Waals surface area contributed by atoms with Crippen molar-refractivity contribution in [2.45, 2.75) is 83.5 Å². The molecule has 104 valence electrons. The summed E-state index contributed by atoms with van der Waals surface area (Å²) in [5.41, 5.74) is 1.85. The van der Waals surface area contributed by atoms with Crippen LogP contribution in [0, 0.1) is 5.41 Å². The molecule has 0 amide bonds. The smallest absolute Gasteiger partial charge is 0.192 e. The Morgan fingerprint density at radius 3 is 2.33 bits per heavy atom. The highest BCUT2D eigenvalue weighted by atomic mass is 28.4. The molecule has 2 aliphatic rings. The van der Waals surface area contributed by atoms with Crippen LogP contribution in [-0.4, -0.2) is 14.4 Å². The van der Waals surface area contributed by atoms with Crippen molar-refractivity contribution < 1.29 is 4.43 Å². The zero-order chi connectivity index (χ0) is 13.6. The van der Waals surface area contributed by atoms with Gasteiger partial charge in [-0.05, 0) is 56.7 Å². The molecule has 2 heteroatoms. The maximum absolute atomic E-state index is 6.75. The van der Waals surface area contributed by atoms with Crippen LogP contribution in [0.15, 0.2) is 12.2 Å². The van der Waals surface area contributed by atoms with Crippen LogP contribution in [0.2, 0.25) is 18.1 Å². The third kappa shape index (κ3) is 2.22. The first kappa shape index (κ1) is 14.3. The van der Waals surface area contributed by atoms with Crippen LogP contribution < -0.4 is 0 Å². The van der Waals surface area contributed by atoms with E-state index in [1.54, 1.807) is 0 Å². The molecule has 2 atom stereocenters. The fraction of sp³-hybridized carbons (Fsp3) is 0.875. The van der Waals surface area contributed by atoms with E-state index in [0.717, 1.165) is 0 Å². The summed E-state index contributed by atoms with van der Waals surface area (Å²) in [6, 6.07) is 0. The van der Waals surface area contributed by atoms with Crippen molar-refractivity contribution in [2.75, 3.05) is 0 Å². The Morgan fingerprint density at radius 1 is 1.22 bits per heavy atom. The average Bonchev–Trinajstić information content (AvgIpc) is 2.76. The second kappa shape index (κ2) is 4.48. The lowest BCUT2D eigenvalue weighted by Crippen LogP contribution is -2.47. The van der Waals surface area contributed by atoms with E-state index in [0.29, 0.717) is 16.6 Å². The summed E-state index contributed by atoms with van der Waals surface area (Å²) in [6.45, 7) is 16.2. The molecular weight excluding hydrogens is 236 g/mol. The molecule has 0 heterocycles. The summed E-state index contributed by atoms with van der Waals surface area (Å²) in [5, 5.41) is 0.316. The molecule has 0 aromatic rings. The third-order valence-corrected chi connectivity index (χ3v) is 10.2. The Morgan fingerprint density at radius 2 is 1.83 bits per heavy atom. The predicted molar refractivity (Wildman–Crippen MR) is 81.3 cm³/mol. The molecule has 0 bridgehead atoms. The zero-order valence-corrected chi connectivity index (χ0v) is 13.9. The molecule has 2 saturated carbocycles. The predicted octanol–water partition coefficient (Wildman–Crippen LogP) is 5.29. The third-order valence-electron chi connectivity index (χ3n) is 5.75. The van der Waals surface area contributed by atoms with E-state index < -0.39 is 8.32 Å². The van der Waals surface area contributed by atoms with Crippen molar-refractivity contribution in [1.82, 2.24) is 0 Å². The number of rotatable bonds is 2. The van der Waals surface area contributed by atoms with E-state index in [-0.39, 0.29) is 0 Å². The van der Waals surface area contributed by atoms with Gasteiger partial charge in [0.2, 0.25) is 0 Å². The fourth-order valence-electron chi connectivity index (χ4n) is 3.48. The van der Waals surface area contributed by atoms with Crippen LogP contribution in [0.25, 0.3) is 0 Å². The van der Waals surface area contributed by atoms with Crippen molar-refractivity contribution in [3.8, 4) is 0 Å². The molecule has 2 rings (SSSR count). The quantitative estimate of drug-likeness (QED) is 0.487. The first-order valence-electron chi connectivity index (χ1n) is 7.55. The molecule has 0 saturated heterocycles. The summed E-state index contributed by atoms with van der Waals surface area (Å²) in [5.74, 6) is 0. The van der Waals surface area contributed by atoms with E-state index in [9.17, 15) is 0 Å². The molecule has 1 nitrogen and oxygen atoms in total. The largest absolute Gasteiger partial charge is 0.413 e. The summed E-state index contributed by atoms with van der Waals surface area (Å²) in [7, 11) is -1.63. The summed E-state index contributed by atoms with van der Waals surface area (Å²) < 4.78 is 6.75. The molecule has 0 N–H and O–H groups in total. The molecule has 0 unspecified atom stereocenters. The van der Waals surface area contributed by atoms with Crippen LogP contribution in [0.4, 0.5) is 0 Å². The van der Waals surface area contributed by atoms with E-state index in [4.69, 9.17) is 4.43 Å². The van der Waals surface area contributed by atoms with Crippen LogP contribution >= 0.6 is 0 Å². The lowest BCUT2D eigenvalue weighted by molar-refractivity contribution is 0.0922. The van der Waals surface area contributed by atoms with E-state index in [2.05, 4.69) is 40.4 Å². The van der Waals surface area contributed by atoms with Gasteiger partial charge in [0, 0.05) is 5.41 Å². The number of hydrogen-bond acceptors (Lipinski definition) is 1. The molecule has 2 aliphatic carbocycles. The van der Waals surface area contributed by atoms with Gasteiger partial charge in [-0.25, -0.2) is 0 Å². The van der Waals surface area contributed by atoms with Crippen LogP contribution in [-0.2, 0) is 4.43 Å². The minimum atomic E-state index is -1.63. The molecule has 0 aromatic carbocycles. The topological polar surface area (TPSA) is 9.23 Å². The molecule has 1 spiro atoms. The van der Waals surface area contributed by atoms with Gasteiger partial charge in [0.25, 0.3) is 0 Å². The van der Waals surface area contributed by atoms with Gasteiger partial charge in [-0.3, -0.25) is 0 Å². The van der Waals surface area contributed by atoms with Gasteiger partial charge >= 0.3 is 0 Å². The van der Waals surface area contributed by atoms with Crippen LogP contribution in [0.3, 0.4) is 0 Å². The Balaban J connectivity index is 2.17. The first-order chi connectivity index (χ1) is 8.19. The van der Waals surface area contributed by atoms with Gasteiger partial charge in [0.1, 0.15) is 0 Å². The van der Waals surface area contributed by atoms with Gasteiger partial charge in [-0.1, -0.05) is 32.9 Å². The van der Waals surface area contributed by atoms with Crippen LogP contribution in [0.5, 0.6) is 0 Å². The lowest BCUT2D eigenvalue weighted by atomic mass is 9.79. The molecule has 0 aromatic heterocycles. The monoisotopic (exact) mass is 266 g/mol. The maximum Gasteiger partial charge on any atom is 0.192 e. The van der Waals surface area contributed by atoms with Gasteiger partial charge in [-0.15, -0.1) is 0 Å². The molecular formula is C16H30OSi. The Labute approximate surface area is 114 Å². The molecule has 2 fully saturated rings. The summed E-state index contributed by atoms with van der Waals surface area (Å²) in [6.07, 6.45) is 8.27. The number of hydrogen-bond donors (Lipinski definition) is 0. The SMILES string of the molecule is C=C1CCC[C@@]12CCC[C@H]2O[Si](C)(C)C(C)(C)C. The second-order valence-corrected chi connectivity index (χ2v) is 12.6. The highest BCUT2D eigenvalue weighted by Crippen LogP contribution is 2.56. The standard InChI is InChI=1S/C16H30OSi/c1-13-9-7-11-16(13)12-8-10-14(16)17-18(5,6)15(2,3)4/h14H,1,7-12H2,2-6H3/t14-,16-/m1/s1. The van der Waals surface area contributed by atoms with E-state index >= 15 is 0 Å². The maximum atomic E-state index is 6.75. The fourth-order valence-corrected chi connectivity index (χ4v) is 4.89. The van der Waals surface area contributed by atoms with Crippen molar-refractivity contribution in [2.24, 2.45) is 5.41 Å². The first-order valence-corrected chi connectivity index (χ1v) is 10.5. The van der Waals surface area contributed by atoms with Crippen molar-refractivity contribution in [3.05, 3.63) is 12.2 Å². The van der Waals surface area contributed by atoms with Crippen LogP contribution in [0.1, 0.15) is 59.3 Å². The van der Waals surface area contributed by atoms with Crippen molar-refractivity contribution >= 4 is 8.32 Å². The highest BCUT2D eigenvalue weighted by Gasteiger charge is 2.51. The lowest BCUT2D eigenvalue weighted by Gasteiger charge is -2.43. The normalized spacial score (nSPS) is 33.6. The molecule has 0 aliphatic heterocycles. The molecule has 0 radical (unpaired) electrons. The second-order valence-electron chi connectivity index (χ2n) is 7.87. The molecule has 18 heavy (non-hydrogen) atoms. The van der Waals surface area contributed by atoms with E-state index in [1.165, 1.54) is 44.1 Å². The Hall–Kier alpha value is -0.0831. The van der Waals surface area contributed by atoms with Gasteiger partial charge in [-0.2, -0.15) is 0 Å². The van der Waals surface area contributed by atoms with Gasteiger partial charge < -0.3 is 4.43 Å². The summed E-state index contributed by atoms with van der Waals surface area (Å²) in [4.78, 5) is 0. The van der Waals surface area contributed by atoms with Crippen molar-refractivity contribution in [1.29, 1.82) is 0 Å². The van der Waals surface area contributed by atoms with E-state index in [1.807, 2.05) is 0 Å².